The topological polar surface area (TPSA) is 58.2 Å². The monoisotopic (exact) mass is 248 g/mol. The van der Waals surface area contributed by atoms with Crippen molar-refractivity contribution in [1.29, 1.82) is 0 Å². The van der Waals surface area contributed by atoms with Crippen LogP contribution in [0.1, 0.15) is 26.3 Å². The third-order valence-corrected chi connectivity index (χ3v) is 2.28. The zero-order chi connectivity index (χ0) is 13.6. The summed E-state index contributed by atoms with van der Waals surface area (Å²) >= 11 is 0. The summed E-state index contributed by atoms with van der Waals surface area (Å²) in [7, 11) is 0. The maximum atomic E-state index is 11.5. The minimum absolute atomic E-state index is 0.0324. The van der Waals surface area contributed by atoms with Gasteiger partial charge in [-0.2, -0.15) is 0 Å². The van der Waals surface area contributed by atoms with Crippen LogP contribution in [0.15, 0.2) is 30.3 Å². The van der Waals surface area contributed by atoms with Gasteiger partial charge in [0, 0.05) is 13.1 Å². The summed E-state index contributed by atoms with van der Waals surface area (Å²) in [5, 5.41) is 5.19. The van der Waals surface area contributed by atoms with Crippen molar-refractivity contribution in [1.82, 2.24) is 10.6 Å². The summed E-state index contributed by atoms with van der Waals surface area (Å²) in [5.41, 5.74) is 0.935. The highest BCUT2D eigenvalue weighted by Crippen LogP contribution is 2.09. The molecule has 0 aliphatic rings. The number of carbonyl (C=O) groups is 2. The van der Waals surface area contributed by atoms with Gasteiger partial charge in [-0.15, -0.1) is 0 Å². The molecule has 1 aromatic rings. The molecule has 0 aliphatic carbocycles. The van der Waals surface area contributed by atoms with Crippen LogP contribution in [-0.4, -0.2) is 18.4 Å². The Hall–Kier alpha value is -1.84. The van der Waals surface area contributed by atoms with E-state index in [-0.39, 0.29) is 5.41 Å². The van der Waals surface area contributed by atoms with Crippen LogP contribution < -0.4 is 10.6 Å². The minimum atomic E-state index is -0.594. The Bertz CT molecular complexity index is 408. The van der Waals surface area contributed by atoms with Gasteiger partial charge in [-0.1, -0.05) is 51.1 Å². The SMILES string of the molecule is CC(C)(C)CNC(=O)C(=O)NCc1ccccc1. The Kier molecular flexibility index (Phi) is 4.89. The molecule has 1 rings (SSSR count). The standard InChI is InChI=1S/C14H20N2O2/c1-14(2,3)10-16-13(18)12(17)15-9-11-7-5-4-6-8-11/h4-8H,9-10H2,1-3H3,(H,15,17)(H,16,18). The molecule has 0 radical (unpaired) electrons. The van der Waals surface area contributed by atoms with E-state index in [2.05, 4.69) is 10.6 Å². The van der Waals surface area contributed by atoms with Crippen LogP contribution >= 0.6 is 0 Å². The van der Waals surface area contributed by atoms with Gasteiger partial charge in [0.25, 0.3) is 0 Å². The Balaban J connectivity index is 2.35. The average molecular weight is 248 g/mol. The molecule has 0 aromatic heterocycles. The van der Waals surface area contributed by atoms with E-state index >= 15 is 0 Å². The average Bonchev–Trinajstić information content (AvgIpc) is 2.33. The molecule has 4 heteroatoms. The maximum absolute atomic E-state index is 11.5. The maximum Gasteiger partial charge on any atom is 0.309 e. The highest BCUT2D eigenvalue weighted by Gasteiger charge is 2.16. The highest BCUT2D eigenvalue weighted by molar-refractivity contribution is 6.35. The van der Waals surface area contributed by atoms with E-state index in [9.17, 15) is 9.59 Å². The summed E-state index contributed by atoms with van der Waals surface area (Å²) in [5.74, 6) is -1.18. The van der Waals surface area contributed by atoms with E-state index in [1.807, 2.05) is 51.1 Å². The molecule has 0 bridgehead atoms. The predicted octanol–water partition coefficient (Wildman–Crippen LogP) is 1.47. The van der Waals surface area contributed by atoms with Crippen LogP contribution in [0.3, 0.4) is 0 Å². The molecule has 18 heavy (non-hydrogen) atoms. The lowest BCUT2D eigenvalue weighted by Gasteiger charge is -2.18. The van der Waals surface area contributed by atoms with E-state index in [1.54, 1.807) is 0 Å². The molecule has 0 saturated heterocycles. The van der Waals surface area contributed by atoms with E-state index < -0.39 is 11.8 Å². The van der Waals surface area contributed by atoms with Gasteiger partial charge in [0.05, 0.1) is 0 Å². The quantitative estimate of drug-likeness (QED) is 0.796. The van der Waals surface area contributed by atoms with Gasteiger partial charge in [0.1, 0.15) is 0 Å². The zero-order valence-electron chi connectivity index (χ0n) is 11.1. The number of carbonyl (C=O) groups excluding carboxylic acids is 2. The van der Waals surface area contributed by atoms with Gasteiger partial charge in [0.2, 0.25) is 0 Å². The second-order valence-corrected chi connectivity index (χ2v) is 5.41. The lowest BCUT2D eigenvalue weighted by Crippen LogP contribution is -2.42. The highest BCUT2D eigenvalue weighted by atomic mass is 16.2. The van der Waals surface area contributed by atoms with Crippen molar-refractivity contribution in [3.05, 3.63) is 35.9 Å². The molecule has 4 nitrogen and oxygen atoms in total. The number of hydrogen-bond donors (Lipinski definition) is 2. The van der Waals surface area contributed by atoms with Gasteiger partial charge in [-0.25, -0.2) is 0 Å². The number of rotatable bonds is 3. The van der Waals surface area contributed by atoms with Crippen LogP contribution in [-0.2, 0) is 16.1 Å². The van der Waals surface area contributed by atoms with Crippen LogP contribution in [0, 0.1) is 5.41 Å². The van der Waals surface area contributed by atoms with Crippen molar-refractivity contribution < 1.29 is 9.59 Å². The lowest BCUT2D eigenvalue weighted by molar-refractivity contribution is -0.139. The molecular weight excluding hydrogens is 228 g/mol. The molecule has 0 unspecified atom stereocenters. The fraction of sp³-hybridized carbons (Fsp3) is 0.429. The number of amides is 2. The fourth-order valence-electron chi connectivity index (χ4n) is 1.28. The third-order valence-electron chi connectivity index (χ3n) is 2.28. The first-order valence-electron chi connectivity index (χ1n) is 5.98. The van der Waals surface area contributed by atoms with E-state index in [0.29, 0.717) is 13.1 Å². The van der Waals surface area contributed by atoms with Crippen LogP contribution in [0.5, 0.6) is 0 Å². The predicted molar refractivity (Wildman–Crippen MR) is 70.8 cm³/mol. The zero-order valence-corrected chi connectivity index (χ0v) is 11.1. The molecule has 2 N–H and O–H groups in total. The summed E-state index contributed by atoms with van der Waals surface area (Å²) in [6, 6.07) is 9.48. The first-order chi connectivity index (χ1) is 8.38. The second-order valence-electron chi connectivity index (χ2n) is 5.41. The van der Waals surface area contributed by atoms with E-state index in [1.165, 1.54) is 0 Å². The van der Waals surface area contributed by atoms with Crippen molar-refractivity contribution in [3.63, 3.8) is 0 Å². The molecular formula is C14H20N2O2. The molecule has 1 aromatic carbocycles. The first-order valence-corrected chi connectivity index (χ1v) is 5.98. The molecule has 0 heterocycles. The smallest absolute Gasteiger partial charge is 0.309 e. The number of hydrogen-bond acceptors (Lipinski definition) is 2. The van der Waals surface area contributed by atoms with Crippen LogP contribution in [0.25, 0.3) is 0 Å². The number of benzene rings is 1. The van der Waals surface area contributed by atoms with Gasteiger partial charge in [-0.3, -0.25) is 9.59 Å². The summed E-state index contributed by atoms with van der Waals surface area (Å²) in [6.07, 6.45) is 0. The molecule has 98 valence electrons. The fourth-order valence-corrected chi connectivity index (χ4v) is 1.28. The van der Waals surface area contributed by atoms with Crippen molar-refractivity contribution in [2.75, 3.05) is 6.54 Å². The van der Waals surface area contributed by atoms with Crippen molar-refractivity contribution in [3.8, 4) is 0 Å². The Morgan fingerprint density at radius 3 is 2.11 bits per heavy atom. The van der Waals surface area contributed by atoms with Crippen molar-refractivity contribution in [2.45, 2.75) is 27.3 Å². The first kappa shape index (κ1) is 14.2. The van der Waals surface area contributed by atoms with Crippen LogP contribution in [0.2, 0.25) is 0 Å². The molecule has 0 atom stereocenters. The molecule has 2 amide bonds. The van der Waals surface area contributed by atoms with Crippen molar-refractivity contribution in [2.24, 2.45) is 5.41 Å². The summed E-state index contributed by atoms with van der Waals surface area (Å²) in [6.45, 7) is 6.83. The molecule has 0 spiro atoms. The molecule has 0 fully saturated rings. The molecule has 0 aliphatic heterocycles. The Labute approximate surface area is 108 Å². The molecule has 0 saturated carbocycles. The van der Waals surface area contributed by atoms with Gasteiger partial charge in [0.15, 0.2) is 0 Å². The van der Waals surface area contributed by atoms with Gasteiger partial charge in [-0.05, 0) is 11.0 Å². The van der Waals surface area contributed by atoms with E-state index in [0.717, 1.165) is 5.56 Å². The Morgan fingerprint density at radius 2 is 1.56 bits per heavy atom. The normalized spacial score (nSPS) is 10.8. The van der Waals surface area contributed by atoms with Gasteiger partial charge >= 0.3 is 11.8 Å². The number of nitrogens with one attached hydrogen (secondary N) is 2. The summed E-state index contributed by atoms with van der Waals surface area (Å²) < 4.78 is 0. The van der Waals surface area contributed by atoms with Gasteiger partial charge < -0.3 is 10.6 Å². The van der Waals surface area contributed by atoms with E-state index in [4.69, 9.17) is 0 Å². The summed E-state index contributed by atoms with van der Waals surface area (Å²) in [4.78, 5) is 23.0. The van der Waals surface area contributed by atoms with Crippen molar-refractivity contribution >= 4 is 11.8 Å². The Morgan fingerprint density at radius 1 is 1.00 bits per heavy atom. The lowest BCUT2D eigenvalue weighted by atomic mass is 9.97. The second kappa shape index (κ2) is 6.19. The third kappa shape index (κ3) is 5.48. The minimum Gasteiger partial charge on any atom is -0.347 e. The largest absolute Gasteiger partial charge is 0.347 e. The van der Waals surface area contributed by atoms with Crippen LogP contribution in [0.4, 0.5) is 0 Å².